The van der Waals surface area contributed by atoms with E-state index in [-0.39, 0.29) is 47.7 Å². The Morgan fingerprint density at radius 1 is 1.44 bits per heavy atom. The minimum Gasteiger partial charge on any atom is -1.00 e. The van der Waals surface area contributed by atoms with Crippen molar-refractivity contribution in [2.75, 3.05) is 0 Å². The number of carboxylic acids is 1. The van der Waals surface area contributed by atoms with Crippen LogP contribution in [0.15, 0.2) is 12.2 Å². The summed E-state index contributed by atoms with van der Waals surface area (Å²) < 4.78 is 0. The van der Waals surface area contributed by atoms with Gasteiger partial charge in [-0.1, -0.05) is 6.58 Å². The van der Waals surface area contributed by atoms with Crippen LogP contribution < -0.4 is 29.9 Å². The fourth-order valence-electron chi connectivity index (χ4n) is 0. The molecule has 0 aliphatic carbocycles. The smallest absolute Gasteiger partial charge is 1.00 e. The van der Waals surface area contributed by atoms with E-state index in [9.17, 15) is 9.90 Å². The molecule has 0 aliphatic heterocycles. The fraction of sp³-hybridized carbons (Fsp3) is 0.250. The van der Waals surface area contributed by atoms with Crippen molar-refractivity contribution in [2.24, 2.45) is 0 Å². The number of rotatable bonds is 1. The van der Waals surface area contributed by atoms with E-state index in [1.54, 1.807) is 0 Å². The van der Waals surface area contributed by atoms with Crippen LogP contribution >= 0.6 is 0 Å². The van der Waals surface area contributed by atoms with Crippen LogP contribution in [0.5, 0.6) is 0 Å². The average Bonchev–Trinajstić information content (AvgIpc) is 1.36. The number of carboxylic acid groups (broad SMARTS) is 1. The SMILES string of the molecule is C=C(C)C(=O)[O-].[Cl-].[Cl-].[Cr+3]. The number of hydrogen-bond donors (Lipinski definition) is 0. The molecule has 0 aliphatic rings. The monoisotopic (exact) mass is 207 g/mol. The molecular weight excluding hydrogens is 203 g/mol. The maximum Gasteiger partial charge on any atom is 3.00 e. The summed E-state index contributed by atoms with van der Waals surface area (Å²) in [5, 5.41) is 9.49. The van der Waals surface area contributed by atoms with Gasteiger partial charge in [0.15, 0.2) is 0 Å². The molecule has 9 heavy (non-hydrogen) atoms. The van der Waals surface area contributed by atoms with E-state index in [4.69, 9.17) is 0 Å². The maximum atomic E-state index is 9.49. The van der Waals surface area contributed by atoms with E-state index in [2.05, 4.69) is 6.58 Å². The number of hydrogen-bond acceptors (Lipinski definition) is 2. The molecule has 1 radical (unpaired) electrons. The van der Waals surface area contributed by atoms with Crippen LogP contribution in [0.4, 0.5) is 0 Å². The summed E-state index contributed by atoms with van der Waals surface area (Å²) >= 11 is 0. The first-order chi connectivity index (χ1) is 2.64. The Morgan fingerprint density at radius 2 is 1.56 bits per heavy atom. The van der Waals surface area contributed by atoms with E-state index < -0.39 is 5.97 Å². The van der Waals surface area contributed by atoms with Crippen molar-refractivity contribution in [3.05, 3.63) is 12.2 Å². The van der Waals surface area contributed by atoms with Crippen LogP contribution in [-0.4, -0.2) is 5.97 Å². The summed E-state index contributed by atoms with van der Waals surface area (Å²) in [4.78, 5) is 9.49. The second-order valence-corrected chi connectivity index (χ2v) is 1.07. The van der Waals surface area contributed by atoms with Crippen LogP contribution in [0.25, 0.3) is 0 Å². The molecule has 0 atom stereocenters. The second-order valence-electron chi connectivity index (χ2n) is 1.07. The van der Waals surface area contributed by atoms with E-state index in [1.807, 2.05) is 0 Å². The first kappa shape index (κ1) is 22.8. The largest absolute Gasteiger partial charge is 3.00 e. The Kier molecular flexibility index (Phi) is 28.3. The van der Waals surface area contributed by atoms with E-state index in [1.165, 1.54) is 6.92 Å². The molecule has 0 amide bonds. The zero-order chi connectivity index (χ0) is 5.15. The molecule has 0 unspecified atom stereocenters. The molecular formula is C4H5Cl2CrO2. The number of aliphatic carboxylic acids is 1. The van der Waals surface area contributed by atoms with Gasteiger partial charge in [-0.05, 0) is 12.5 Å². The summed E-state index contributed by atoms with van der Waals surface area (Å²) in [6.07, 6.45) is 0. The van der Waals surface area contributed by atoms with Gasteiger partial charge in [0, 0.05) is 0 Å². The minimum absolute atomic E-state index is 0. The number of halogens is 2. The van der Waals surface area contributed by atoms with E-state index >= 15 is 0 Å². The molecule has 0 saturated heterocycles. The number of carbonyl (C=O) groups excluding carboxylic acids is 1. The molecule has 0 aromatic carbocycles. The summed E-state index contributed by atoms with van der Waals surface area (Å²) in [5.74, 6) is -1.19. The van der Waals surface area contributed by atoms with Gasteiger partial charge in [-0.3, -0.25) is 0 Å². The van der Waals surface area contributed by atoms with Crippen molar-refractivity contribution in [3.8, 4) is 0 Å². The van der Waals surface area contributed by atoms with Gasteiger partial charge in [-0.25, -0.2) is 0 Å². The third kappa shape index (κ3) is 17.8. The average molecular weight is 208 g/mol. The van der Waals surface area contributed by atoms with Crippen molar-refractivity contribution >= 4 is 5.97 Å². The van der Waals surface area contributed by atoms with Gasteiger partial charge in [0.05, 0.1) is 5.97 Å². The van der Waals surface area contributed by atoms with Crippen LogP contribution in [-0.2, 0) is 22.2 Å². The zero-order valence-electron chi connectivity index (χ0n) is 4.69. The summed E-state index contributed by atoms with van der Waals surface area (Å²) in [6, 6.07) is 0. The minimum atomic E-state index is -1.19. The molecule has 5 heteroatoms. The normalized spacial score (nSPS) is 5.00. The molecule has 0 fully saturated rings. The number of carbonyl (C=O) groups is 1. The molecule has 0 aromatic rings. The molecule has 0 heterocycles. The first-order valence-electron chi connectivity index (χ1n) is 1.51. The van der Waals surface area contributed by atoms with Crippen molar-refractivity contribution in [3.63, 3.8) is 0 Å². The Bertz CT molecular complexity index is 82.6. The summed E-state index contributed by atoms with van der Waals surface area (Å²) in [7, 11) is 0. The Morgan fingerprint density at radius 3 is 1.56 bits per heavy atom. The van der Waals surface area contributed by atoms with Crippen LogP contribution in [0, 0.1) is 0 Å². The van der Waals surface area contributed by atoms with Gasteiger partial charge in [0.1, 0.15) is 0 Å². The zero-order valence-corrected chi connectivity index (χ0v) is 7.47. The maximum absolute atomic E-state index is 9.49. The van der Waals surface area contributed by atoms with E-state index in [0.29, 0.717) is 0 Å². The van der Waals surface area contributed by atoms with Crippen molar-refractivity contribution < 1.29 is 52.1 Å². The van der Waals surface area contributed by atoms with Crippen LogP contribution in [0.3, 0.4) is 0 Å². The Labute approximate surface area is 77.3 Å². The Hall–Kier alpha value is 0.322. The van der Waals surface area contributed by atoms with Gasteiger partial charge < -0.3 is 34.7 Å². The predicted molar refractivity (Wildman–Crippen MR) is 19.8 cm³/mol. The fourth-order valence-corrected chi connectivity index (χ4v) is 0. The topological polar surface area (TPSA) is 40.1 Å². The molecule has 2 nitrogen and oxygen atoms in total. The molecule has 0 bridgehead atoms. The molecule has 0 rings (SSSR count). The van der Waals surface area contributed by atoms with Gasteiger partial charge in [0.2, 0.25) is 0 Å². The predicted octanol–water partition coefficient (Wildman–Crippen LogP) is -6.68. The molecule has 53 valence electrons. The van der Waals surface area contributed by atoms with Crippen LogP contribution in [0.2, 0.25) is 0 Å². The van der Waals surface area contributed by atoms with Gasteiger partial charge >= 0.3 is 17.4 Å². The van der Waals surface area contributed by atoms with E-state index in [0.717, 1.165) is 0 Å². The van der Waals surface area contributed by atoms with Gasteiger partial charge in [-0.15, -0.1) is 0 Å². The Balaban J connectivity index is -0.0000000417. The quantitative estimate of drug-likeness (QED) is 0.402. The third-order valence-electron chi connectivity index (χ3n) is 0.348. The van der Waals surface area contributed by atoms with Crippen molar-refractivity contribution in [1.29, 1.82) is 0 Å². The van der Waals surface area contributed by atoms with Gasteiger partial charge in [-0.2, -0.15) is 0 Å². The van der Waals surface area contributed by atoms with Crippen LogP contribution in [0.1, 0.15) is 6.92 Å². The third-order valence-corrected chi connectivity index (χ3v) is 0.348. The van der Waals surface area contributed by atoms with Gasteiger partial charge in [0.25, 0.3) is 0 Å². The summed E-state index contributed by atoms with van der Waals surface area (Å²) in [6.45, 7) is 4.48. The molecule has 0 saturated carbocycles. The standard InChI is InChI=1S/C4H6O2.2ClH.Cr/c1-3(2)4(5)6;;;/h1H2,2H3,(H,5,6);2*1H;/q;;;+3/p-3. The molecule has 0 aromatic heterocycles. The summed E-state index contributed by atoms with van der Waals surface area (Å²) in [5.41, 5.74) is 0.0648. The molecule has 0 N–H and O–H groups in total. The second kappa shape index (κ2) is 11.2. The first-order valence-corrected chi connectivity index (χ1v) is 1.51. The van der Waals surface area contributed by atoms with Crippen molar-refractivity contribution in [1.82, 2.24) is 0 Å². The van der Waals surface area contributed by atoms with Crippen molar-refractivity contribution in [2.45, 2.75) is 6.92 Å². The molecule has 0 spiro atoms.